The van der Waals surface area contributed by atoms with Gasteiger partial charge in [0.2, 0.25) is 0 Å². The Kier molecular flexibility index (Phi) is 43200. The van der Waals surface area contributed by atoms with Gasteiger partial charge in [-0.05, 0) is 0 Å². The zero-order valence-electron chi connectivity index (χ0n) is 6.53. The van der Waals surface area contributed by atoms with Gasteiger partial charge in [-0.2, -0.15) is 0 Å². The molecule has 0 aliphatic heterocycles. The van der Waals surface area contributed by atoms with Gasteiger partial charge in [-0.3, -0.25) is 0 Å². The van der Waals surface area contributed by atoms with Crippen LogP contribution >= 0.6 is 0 Å². The molecule has 0 amide bonds. The van der Waals surface area contributed by atoms with E-state index in [0.717, 1.165) is 0 Å². The fourth-order valence-corrected chi connectivity index (χ4v) is 0. The molecule has 15 heteroatoms. The van der Waals surface area contributed by atoms with Crippen molar-refractivity contribution in [1.82, 2.24) is 0 Å². The van der Waals surface area contributed by atoms with Crippen LogP contribution in [-0.2, 0) is 87.2 Å². The van der Waals surface area contributed by atoms with Gasteiger partial charge in [0.1, 0.15) is 0 Å². The summed E-state index contributed by atoms with van der Waals surface area (Å²) in [4.78, 5) is 0. The van der Waals surface area contributed by atoms with Gasteiger partial charge in [0.05, 0.1) is 0 Å². The number of hydrogen-bond acceptors (Lipinski definition) is 10. The van der Waals surface area contributed by atoms with Gasteiger partial charge in [-0.25, -0.2) is 0 Å². The van der Waals surface area contributed by atoms with Crippen molar-refractivity contribution >= 4 is 0 Å². The summed E-state index contributed by atoms with van der Waals surface area (Å²) in [6, 6.07) is 0. The Bertz CT molecular complexity index is 25.4. The molecule has 0 aromatic rings. The van der Waals surface area contributed by atoms with Crippen LogP contribution in [0.2, 0.25) is 0 Å². The molecule has 0 atom stereocenters. The van der Waals surface area contributed by atoms with E-state index >= 15 is 0 Å². The van der Waals surface area contributed by atoms with Crippen molar-refractivity contribution in [2.24, 2.45) is 0 Å². The van der Waals surface area contributed by atoms with Crippen LogP contribution in [0.4, 0.5) is 0 Å². The molecule has 2 radical (unpaired) electrons. The zero-order chi connectivity index (χ0) is 0. The molecule has 0 aromatic carbocycles. The maximum absolute atomic E-state index is 0. The normalized spacial score (nSPS) is 0. The van der Waals surface area contributed by atoms with Crippen molar-refractivity contribution < 1.29 is 142 Å². The Morgan fingerprint density at radius 1 is 0.400 bits per heavy atom. The molecular weight excluding hydrogens is 458 g/mol. The van der Waals surface area contributed by atoms with Gasteiger partial charge >= 0.3 is 87.2 Å². The van der Waals surface area contributed by atoms with Crippen LogP contribution in [0.15, 0.2) is 0 Å². The SMILES string of the molecule is [Cu+2].[Fe+2].[Mn+2].[Ni+2].[OH-].[OH-].[OH-].[OH-].[OH-].[OH-].[OH-].[OH-].[OH-].[OH-].[Zn+2]. The molecule has 0 rings (SSSR count). The monoisotopic (exact) mass is 466 g/mol. The van der Waals surface area contributed by atoms with Crippen LogP contribution in [0.1, 0.15) is 0 Å². The van der Waals surface area contributed by atoms with E-state index < -0.39 is 0 Å². The standard InChI is InChI=1S/Cu.Fe.Mn.Ni.10H2O.Zn/h;;;;10*1H2;/q4*+2;;;;;;;;;;;+2/p-10. The number of hydrogen-bond donors (Lipinski definition) is 0. The quantitative estimate of drug-likeness (QED) is 0.359. The first-order valence-electron chi connectivity index (χ1n) is 0. The smallest absolute Gasteiger partial charge is 0.870 e. The summed E-state index contributed by atoms with van der Waals surface area (Å²) >= 11 is 0. The second-order valence-corrected chi connectivity index (χ2v) is 0. The molecular formula is H10CuFeMnNiO10Zn. The maximum Gasteiger partial charge on any atom is 2.00 e. The minimum Gasteiger partial charge on any atom is -0.870 e. The van der Waals surface area contributed by atoms with E-state index in [1.165, 1.54) is 0 Å². The molecule has 0 aromatic heterocycles. The zero-order valence-corrected chi connectivity index (χ0v) is 13.7. The Morgan fingerprint density at radius 3 is 0.400 bits per heavy atom. The van der Waals surface area contributed by atoms with Gasteiger partial charge in [0.25, 0.3) is 0 Å². The van der Waals surface area contributed by atoms with E-state index in [1.54, 1.807) is 0 Å². The largest absolute Gasteiger partial charge is 2.00 e. The van der Waals surface area contributed by atoms with Gasteiger partial charge in [-0.15, -0.1) is 0 Å². The van der Waals surface area contributed by atoms with Gasteiger partial charge in [-0.1, -0.05) is 0 Å². The molecule has 0 unspecified atom stereocenters. The predicted octanol–water partition coefficient (Wildman–Crippen LogP) is -1.78. The minimum atomic E-state index is 0. The third-order valence-corrected chi connectivity index (χ3v) is 0. The molecule has 0 spiro atoms. The summed E-state index contributed by atoms with van der Waals surface area (Å²) in [5.74, 6) is 0. The van der Waals surface area contributed by atoms with Crippen molar-refractivity contribution in [3.63, 3.8) is 0 Å². The van der Waals surface area contributed by atoms with Crippen LogP contribution in [0.3, 0.4) is 0 Å². The Balaban J connectivity index is 0. The first-order valence-corrected chi connectivity index (χ1v) is 0. The number of rotatable bonds is 0. The third kappa shape index (κ3) is 641. The fourth-order valence-electron chi connectivity index (χ4n) is 0. The second-order valence-electron chi connectivity index (χ2n) is 0. The molecule has 0 saturated heterocycles. The van der Waals surface area contributed by atoms with Gasteiger partial charge < -0.3 is 54.8 Å². The van der Waals surface area contributed by atoms with Crippen molar-refractivity contribution in [3.05, 3.63) is 0 Å². The van der Waals surface area contributed by atoms with Gasteiger partial charge in [0, 0.05) is 0 Å². The maximum atomic E-state index is 0. The fraction of sp³-hybridized carbons (Fsp3) is 0. The van der Waals surface area contributed by atoms with Crippen molar-refractivity contribution in [1.29, 1.82) is 0 Å². The summed E-state index contributed by atoms with van der Waals surface area (Å²) in [6.07, 6.45) is 0. The topological polar surface area (TPSA) is 300 Å². The summed E-state index contributed by atoms with van der Waals surface area (Å²) in [7, 11) is 0. The minimum absolute atomic E-state index is 0. The first kappa shape index (κ1) is 884. The molecule has 108 valence electrons. The van der Waals surface area contributed by atoms with Crippen LogP contribution in [0.25, 0.3) is 0 Å². The second kappa shape index (κ2) is 734. The van der Waals surface area contributed by atoms with Crippen LogP contribution < -0.4 is 0 Å². The van der Waals surface area contributed by atoms with Crippen LogP contribution in [0, 0.1) is 0 Å². The van der Waals surface area contributed by atoms with Crippen molar-refractivity contribution in [2.45, 2.75) is 0 Å². The Labute approximate surface area is 141 Å². The van der Waals surface area contributed by atoms with E-state index in [0.29, 0.717) is 0 Å². The molecule has 0 bridgehead atoms. The molecule has 15 heavy (non-hydrogen) atoms. The van der Waals surface area contributed by atoms with Crippen molar-refractivity contribution in [2.75, 3.05) is 0 Å². The molecule has 0 heterocycles. The average Bonchev–Trinajstić information content (AvgIpc) is 0. The molecule has 0 aliphatic rings. The third-order valence-electron chi connectivity index (χ3n) is 0. The predicted molar refractivity (Wildman–Crippen MR) is 19.4 cm³/mol. The van der Waals surface area contributed by atoms with E-state index in [-0.39, 0.29) is 142 Å². The summed E-state index contributed by atoms with van der Waals surface area (Å²) in [5, 5.41) is 0. The summed E-state index contributed by atoms with van der Waals surface area (Å²) in [6.45, 7) is 0. The molecule has 10 nitrogen and oxygen atoms in total. The van der Waals surface area contributed by atoms with E-state index in [9.17, 15) is 0 Å². The molecule has 0 saturated carbocycles. The molecule has 10 N–H and O–H groups in total. The Morgan fingerprint density at radius 2 is 0.400 bits per heavy atom. The van der Waals surface area contributed by atoms with Crippen molar-refractivity contribution in [3.8, 4) is 0 Å². The summed E-state index contributed by atoms with van der Waals surface area (Å²) in [5.41, 5.74) is 0. The molecule has 0 aliphatic carbocycles. The summed E-state index contributed by atoms with van der Waals surface area (Å²) < 4.78 is 0. The Hall–Kier alpha value is 2.28. The van der Waals surface area contributed by atoms with Crippen LogP contribution in [0.5, 0.6) is 0 Å². The van der Waals surface area contributed by atoms with Gasteiger partial charge in [0.15, 0.2) is 0 Å². The van der Waals surface area contributed by atoms with Crippen LogP contribution in [-0.4, -0.2) is 54.8 Å². The van der Waals surface area contributed by atoms with E-state index in [1.807, 2.05) is 0 Å². The molecule has 0 fully saturated rings. The average molecular weight is 468 g/mol. The first-order chi connectivity index (χ1) is 0. The van der Waals surface area contributed by atoms with E-state index in [4.69, 9.17) is 0 Å². The van der Waals surface area contributed by atoms with E-state index in [2.05, 4.69) is 0 Å².